The van der Waals surface area contributed by atoms with Crippen LogP contribution in [0.1, 0.15) is 28.8 Å². The van der Waals surface area contributed by atoms with Crippen LogP contribution in [0, 0.1) is 6.92 Å². The van der Waals surface area contributed by atoms with Crippen LogP contribution < -0.4 is 5.32 Å². The Morgan fingerprint density at radius 1 is 1.38 bits per heavy atom. The quantitative estimate of drug-likeness (QED) is 0.932. The Labute approximate surface area is 123 Å². The van der Waals surface area contributed by atoms with E-state index in [-0.39, 0.29) is 5.91 Å². The summed E-state index contributed by atoms with van der Waals surface area (Å²) >= 11 is 0. The van der Waals surface area contributed by atoms with Crippen molar-refractivity contribution in [3.05, 3.63) is 41.7 Å². The van der Waals surface area contributed by atoms with Crippen molar-refractivity contribution in [2.24, 2.45) is 0 Å². The lowest BCUT2D eigenvalue weighted by atomic mass is 10.1. The van der Waals surface area contributed by atoms with Gasteiger partial charge in [0, 0.05) is 43.9 Å². The smallest absolute Gasteiger partial charge is 0.257 e. The summed E-state index contributed by atoms with van der Waals surface area (Å²) in [6.45, 7) is 6.74. The van der Waals surface area contributed by atoms with Gasteiger partial charge in [0.05, 0.1) is 17.8 Å². The standard InChI is InChI=1S/C15H19N5O/c1-3-16-13-8-11(2)18-9-12(13)15(21)20-7-6-19-5-4-17-14(19)10-20/h4-5,8-9H,3,6-7,10H2,1-2H3,(H,16,18). The molecule has 2 aromatic heterocycles. The van der Waals surface area contributed by atoms with Crippen molar-refractivity contribution in [2.45, 2.75) is 26.9 Å². The third-order valence-electron chi connectivity index (χ3n) is 3.67. The van der Waals surface area contributed by atoms with Gasteiger partial charge in [-0.05, 0) is 19.9 Å². The lowest BCUT2D eigenvalue weighted by Crippen LogP contribution is -2.38. The summed E-state index contributed by atoms with van der Waals surface area (Å²) in [5.74, 6) is 0.937. The number of anilines is 1. The third kappa shape index (κ3) is 2.61. The molecule has 1 N–H and O–H groups in total. The van der Waals surface area contributed by atoms with Gasteiger partial charge in [-0.2, -0.15) is 0 Å². The molecule has 0 aromatic carbocycles. The Morgan fingerprint density at radius 3 is 3.05 bits per heavy atom. The van der Waals surface area contributed by atoms with Gasteiger partial charge in [0.1, 0.15) is 5.82 Å². The molecule has 3 rings (SSSR count). The number of hydrogen-bond donors (Lipinski definition) is 1. The molecule has 6 heteroatoms. The number of carbonyl (C=O) groups is 1. The zero-order valence-corrected chi connectivity index (χ0v) is 12.3. The number of nitrogens with zero attached hydrogens (tertiary/aromatic N) is 4. The summed E-state index contributed by atoms with van der Waals surface area (Å²) in [7, 11) is 0. The fourth-order valence-corrected chi connectivity index (χ4v) is 2.58. The van der Waals surface area contributed by atoms with Crippen LogP contribution in [0.2, 0.25) is 0 Å². The molecule has 0 bridgehead atoms. The van der Waals surface area contributed by atoms with Crippen molar-refractivity contribution in [3.63, 3.8) is 0 Å². The van der Waals surface area contributed by atoms with E-state index in [1.54, 1.807) is 12.4 Å². The summed E-state index contributed by atoms with van der Waals surface area (Å²) in [5.41, 5.74) is 2.38. The minimum atomic E-state index is 0.00713. The molecule has 0 unspecified atom stereocenters. The molecule has 0 aliphatic carbocycles. The first-order valence-electron chi connectivity index (χ1n) is 7.19. The molecular weight excluding hydrogens is 266 g/mol. The molecule has 0 radical (unpaired) electrons. The average Bonchev–Trinajstić information content (AvgIpc) is 2.94. The van der Waals surface area contributed by atoms with Gasteiger partial charge in [-0.15, -0.1) is 0 Å². The zero-order chi connectivity index (χ0) is 14.8. The Morgan fingerprint density at radius 2 is 2.24 bits per heavy atom. The fourth-order valence-electron chi connectivity index (χ4n) is 2.58. The topological polar surface area (TPSA) is 63.1 Å². The van der Waals surface area contributed by atoms with Gasteiger partial charge in [0.2, 0.25) is 0 Å². The molecule has 0 saturated heterocycles. The molecular formula is C15H19N5O. The van der Waals surface area contributed by atoms with E-state index < -0.39 is 0 Å². The van der Waals surface area contributed by atoms with Crippen LogP contribution in [0.4, 0.5) is 5.69 Å². The van der Waals surface area contributed by atoms with Crippen LogP contribution in [-0.2, 0) is 13.1 Å². The molecule has 110 valence electrons. The van der Waals surface area contributed by atoms with Crippen LogP contribution in [0.3, 0.4) is 0 Å². The summed E-state index contributed by atoms with van der Waals surface area (Å²) < 4.78 is 2.09. The fraction of sp³-hybridized carbons (Fsp3) is 0.400. The number of carbonyl (C=O) groups excluding carboxylic acids is 1. The zero-order valence-electron chi connectivity index (χ0n) is 12.3. The van der Waals surface area contributed by atoms with E-state index in [0.717, 1.165) is 30.3 Å². The van der Waals surface area contributed by atoms with Gasteiger partial charge < -0.3 is 14.8 Å². The van der Waals surface area contributed by atoms with Gasteiger partial charge in [0.25, 0.3) is 5.91 Å². The number of pyridine rings is 1. The van der Waals surface area contributed by atoms with Crippen molar-refractivity contribution in [3.8, 4) is 0 Å². The second kappa shape index (κ2) is 5.55. The monoisotopic (exact) mass is 285 g/mol. The first kappa shape index (κ1) is 13.6. The predicted molar refractivity (Wildman–Crippen MR) is 80.1 cm³/mol. The van der Waals surface area contributed by atoms with Gasteiger partial charge in [-0.1, -0.05) is 0 Å². The normalized spacial score (nSPS) is 13.9. The van der Waals surface area contributed by atoms with Crippen molar-refractivity contribution < 1.29 is 4.79 Å². The molecule has 0 saturated carbocycles. The van der Waals surface area contributed by atoms with Crippen LogP contribution >= 0.6 is 0 Å². The van der Waals surface area contributed by atoms with Gasteiger partial charge in [0.15, 0.2) is 0 Å². The lowest BCUT2D eigenvalue weighted by Gasteiger charge is -2.28. The Balaban J connectivity index is 1.86. The highest BCUT2D eigenvalue weighted by Crippen LogP contribution is 2.20. The Bertz CT molecular complexity index is 664. The highest BCUT2D eigenvalue weighted by Gasteiger charge is 2.24. The number of imidazole rings is 1. The number of amides is 1. The molecule has 6 nitrogen and oxygen atoms in total. The highest BCUT2D eigenvalue weighted by atomic mass is 16.2. The third-order valence-corrected chi connectivity index (χ3v) is 3.67. The second-order valence-corrected chi connectivity index (χ2v) is 5.17. The first-order valence-corrected chi connectivity index (χ1v) is 7.19. The molecule has 1 aliphatic rings. The summed E-state index contributed by atoms with van der Waals surface area (Å²) in [4.78, 5) is 23.1. The maximum atomic E-state index is 12.7. The van der Waals surface area contributed by atoms with Gasteiger partial charge in [-0.25, -0.2) is 4.98 Å². The molecule has 0 fully saturated rings. The van der Waals surface area contributed by atoms with Crippen LogP contribution in [0.15, 0.2) is 24.7 Å². The minimum absolute atomic E-state index is 0.00713. The van der Waals surface area contributed by atoms with Crippen molar-refractivity contribution >= 4 is 11.6 Å². The lowest BCUT2D eigenvalue weighted by molar-refractivity contribution is 0.0708. The number of fused-ring (bicyclic) bond motifs is 1. The number of rotatable bonds is 3. The van der Waals surface area contributed by atoms with E-state index in [1.165, 1.54) is 0 Å². The van der Waals surface area contributed by atoms with Crippen molar-refractivity contribution in [2.75, 3.05) is 18.4 Å². The minimum Gasteiger partial charge on any atom is -0.385 e. The molecule has 2 aromatic rings. The maximum Gasteiger partial charge on any atom is 0.257 e. The maximum absolute atomic E-state index is 12.7. The summed E-state index contributed by atoms with van der Waals surface area (Å²) in [6, 6.07) is 1.92. The van der Waals surface area contributed by atoms with E-state index in [4.69, 9.17) is 0 Å². The number of nitrogens with one attached hydrogen (secondary N) is 1. The summed E-state index contributed by atoms with van der Waals surface area (Å²) in [6.07, 6.45) is 5.40. The molecule has 0 spiro atoms. The first-order chi connectivity index (χ1) is 10.2. The Kier molecular flexibility index (Phi) is 3.60. The van der Waals surface area contributed by atoms with Gasteiger partial charge >= 0.3 is 0 Å². The largest absolute Gasteiger partial charge is 0.385 e. The highest BCUT2D eigenvalue weighted by molar-refractivity contribution is 5.99. The molecule has 21 heavy (non-hydrogen) atoms. The SMILES string of the molecule is CCNc1cc(C)ncc1C(=O)N1CCn2ccnc2C1. The molecule has 1 aliphatic heterocycles. The predicted octanol–water partition coefficient (Wildman–Crippen LogP) is 1.67. The van der Waals surface area contributed by atoms with E-state index in [0.29, 0.717) is 18.7 Å². The Hall–Kier alpha value is -2.37. The molecule has 0 atom stereocenters. The van der Waals surface area contributed by atoms with Crippen LogP contribution in [0.5, 0.6) is 0 Å². The summed E-state index contributed by atoms with van der Waals surface area (Å²) in [5, 5.41) is 3.24. The van der Waals surface area contributed by atoms with Crippen LogP contribution in [-0.4, -0.2) is 38.4 Å². The number of hydrogen-bond acceptors (Lipinski definition) is 4. The molecule has 3 heterocycles. The number of aromatic nitrogens is 3. The van der Waals surface area contributed by atoms with E-state index in [9.17, 15) is 4.79 Å². The average molecular weight is 285 g/mol. The van der Waals surface area contributed by atoms with E-state index >= 15 is 0 Å². The molecule has 1 amide bonds. The second-order valence-electron chi connectivity index (χ2n) is 5.17. The van der Waals surface area contributed by atoms with Crippen molar-refractivity contribution in [1.29, 1.82) is 0 Å². The van der Waals surface area contributed by atoms with Crippen molar-refractivity contribution in [1.82, 2.24) is 19.4 Å². The van der Waals surface area contributed by atoms with Gasteiger partial charge in [-0.3, -0.25) is 9.78 Å². The van der Waals surface area contributed by atoms with Crippen LogP contribution in [0.25, 0.3) is 0 Å². The number of aryl methyl sites for hydroxylation is 1. The van der Waals surface area contributed by atoms with E-state index in [1.807, 2.05) is 31.0 Å². The van der Waals surface area contributed by atoms with E-state index in [2.05, 4.69) is 19.9 Å².